The molecule has 8 nitrogen and oxygen atoms in total. The third-order valence-corrected chi connectivity index (χ3v) is 3.25. The number of nitrogens with two attached hydrogens (primary N) is 1. The molecular formula is C13H21N3O5. The van der Waals surface area contributed by atoms with E-state index in [9.17, 15) is 19.2 Å². The van der Waals surface area contributed by atoms with Gasteiger partial charge in [-0.1, -0.05) is 6.92 Å². The zero-order valence-electron chi connectivity index (χ0n) is 12.2. The van der Waals surface area contributed by atoms with E-state index in [0.717, 1.165) is 0 Å². The van der Waals surface area contributed by atoms with Crippen molar-refractivity contribution in [3.05, 3.63) is 0 Å². The van der Waals surface area contributed by atoms with E-state index < -0.39 is 35.8 Å². The van der Waals surface area contributed by atoms with Gasteiger partial charge in [0.25, 0.3) is 0 Å². The predicted molar refractivity (Wildman–Crippen MR) is 72.7 cm³/mol. The Bertz CT molecular complexity index is 438. The number of amides is 3. The van der Waals surface area contributed by atoms with E-state index >= 15 is 0 Å². The van der Waals surface area contributed by atoms with Gasteiger partial charge in [0.1, 0.15) is 12.1 Å². The van der Waals surface area contributed by atoms with Crippen LogP contribution in [0.5, 0.6) is 0 Å². The molecule has 8 heteroatoms. The number of hydrogen-bond acceptors (Lipinski definition) is 5. The van der Waals surface area contributed by atoms with Crippen molar-refractivity contribution < 1.29 is 23.9 Å². The third kappa shape index (κ3) is 5.05. The van der Waals surface area contributed by atoms with Crippen molar-refractivity contribution in [2.24, 2.45) is 11.7 Å². The Balaban J connectivity index is 2.57. The summed E-state index contributed by atoms with van der Waals surface area (Å²) in [4.78, 5) is 45.9. The van der Waals surface area contributed by atoms with Gasteiger partial charge in [0.2, 0.25) is 17.7 Å². The van der Waals surface area contributed by atoms with Crippen molar-refractivity contribution in [2.45, 2.75) is 45.2 Å². The Labute approximate surface area is 122 Å². The van der Waals surface area contributed by atoms with Gasteiger partial charge in [-0.2, -0.15) is 0 Å². The fourth-order valence-electron chi connectivity index (χ4n) is 2.06. The van der Waals surface area contributed by atoms with Crippen LogP contribution in [0, 0.1) is 5.92 Å². The summed E-state index contributed by atoms with van der Waals surface area (Å²) in [6.45, 7) is 3.52. The topological polar surface area (TPSA) is 128 Å². The molecule has 0 bridgehead atoms. The van der Waals surface area contributed by atoms with E-state index in [2.05, 4.69) is 10.6 Å². The lowest BCUT2D eigenvalue weighted by Gasteiger charge is -2.20. The normalized spacial score (nSPS) is 20.3. The van der Waals surface area contributed by atoms with Gasteiger partial charge in [-0.3, -0.25) is 19.2 Å². The summed E-state index contributed by atoms with van der Waals surface area (Å²) in [6.07, 6.45) is 0.711. The number of hydrogen-bond donors (Lipinski definition) is 3. The van der Waals surface area contributed by atoms with Crippen molar-refractivity contribution in [3.8, 4) is 0 Å². The Hall–Kier alpha value is -2.12. The second kappa shape index (κ2) is 7.61. The lowest BCUT2D eigenvalue weighted by molar-refractivity contribution is -0.148. The molecule has 3 atom stereocenters. The van der Waals surface area contributed by atoms with Crippen LogP contribution in [0.4, 0.5) is 0 Å². The minimum atomic E-state index is -0.977. The Morgan fingerprint density at radius 1 is 1.48 bits per heavy atom. The van der Waals surface area contributed by atoms with Gasteiger partial charge in [0.15, 0.2) is 0 Å². The first-order valence-corrected chi connectivity index (χ1v) is 6.90. The molecule has 1 heterocycles. The quantitative estimate of drug-likeness (QED) is 0.510. The summed E-state index contributed by atoms with van der Waals surface area (Å²) in [5, 5.41) is 4.97. The van der Waals surface area contributed by atoms with Crippen molar-refractivity contribution in [2.75, 3.05) is 6.61 Å². The van der Waals surface area contributed by atoms with Crippen LogP contribution in [0.25, 0.3) is 0 Å². The molecule has 21 heavy (non-hydrogen) atoms. The van der Waals surface area contributed by atoms with Crippen LogP contribution < -0.4 is 16.4 Å². The molecule has 0 aromatic heterocycles. The maximum Gasteiger partial charge on any atom is 0.308 e. The van der Waals surface area contributed by atoms with Crippen LogP contribution in [0.15, 0.2) is 0 Å². The molecule has 0 spiro atoms. The second-order valence-corrected chi connectivity index (χ2v) is 5.01. The average Bonchev–Trinajstić information content (AvgIpc) is 2.84. The molecule has 0 aromatic rings. The first kappa shape index (κ1) is 16.9. The summed E-state index contributed by atoms with van der Waals surface area (Å²) >= 11 is 0. The molecule has 3 amide bonds. The van der Waals surface area contributed by atoms with Gasteiger partial charge >= 0.3 is 5.97 Å². The van der Waals surface area contributed by atoms with E-state index in [1.807, 2.05) is 0 Å². The molecule has 4 N–H and O–H groups in total. The molecule has 118 valence electrons. The van der Waals surface area contributed by atoms with Gasteiger partial charge < -0.3 is 21.1 Å². The van der Waals surface area contributed by atoms with E-state index in [-0.39, 0.29) is 25.4 Å². The SMILES string of the molecule is CCOC(=O)[C@H](C)C[C@H](NC(=O)[C@H]1CCC(=O)N1)C(N)=O. The Kier molecular flexibility index (Phi) is 6.13. The van der Waals surface area contributed by atoms with Gasteiger partial charge in [0.05, 0.1) is 12.5 Å². The van der Waals surface area contributed by atoms with E-state index in [4.69, 9.17) is 10.5 Å². The average molecular weight is 299 g/mol. The summed E-state index contributed by atoms with van der Waals surface area (Å²) < 4.78 is 4.84. The maximum absolute atomic E-state index is 11.9. The number of carbonyl (C=O) groups excluding carboxylic acids is 4. The van der Waals surface area contributed by atoms with Crippen LogP contribution >= 0.6 is 0 Å². The number of ether oxygens (including phenoxy) is 1. The Morgan fingerprint density at radius 2 is 2.14 bits per heavy atom. The fourth-order valence-corrected chi connectivity index (χ4v) is 2.06. The maximum atomic E-state index is 11.9. The molecule has 0 saturated carbocycles. The molecule has 0 unspecified atom stereocenters. The van der Waals surface area contributed by atoms with Crippen molar-refractivity contribution in [1.29, 1.82) is 0 Å². The molecule has 0 aliphatic carbocycles. The van der Waals surface area contributed by atoms with Crippen LogP contribution in [0.1, 0.15) is 33.1 Å². The third-order valence-electron chi connectivity index (χ3n) is 3.25. The number of primary amides is 1. The minimum absolute atomic E-state index is 0.0561. The van der Waals surface area contributed by atoms with Crippen LogP contribution in [-0.2, 0) is 23.9 Å². The van der Waals surface area contributed by atoms with Crippen molar-refractivity contribution in [3.63, 3.8) is 0 Å². The van der Waals surface area contributed by atoms with E-state index in [1.165, 1.54) is 0 Å². The van der Waals surface area contributed by atoms with Gasteiger partial charge in [-0.15, -0.1) is 0 Å². The second-order valence-electron chi connectivity index (χ2n) is 5.01. The largest absolute Gasteiger partial charge is 0.466 e. The van der Waals surface area contributed by atoms with E-state index in [0.29, 0.717) is 6.42 Å². The van der Waals surface area contributed by atoms with Crippen LogP contribution in [0.2, 0.25) is 0 Å². The minimum Gasteiger partial charge on any atom is -0.466 e. The highest BCUT2D eigenvalue weighted by Crippen LogP contribution is 2.11. The number of carbonyl (C=O) groups is 4. The monoisotopic (exact) mass is 299 g/mol. The molecule has 1 saturated heterocycles. The highest BCUT2D eigenvalue weighted by molar-refractivity contribution is 5.93. The molecule has 1 aliphatic heterocycles. The summed E-state index contributed by atoms with van der Waals surface area (Å²) in [7, 11) is 0. The molecular weight excluding hydrogens is 278 g/mol. The highest BCUT2D eigenvalue weighted by Gasteiger charge is 2.31. The zero-order chi connectivity index (χ0) is 16.0. The molecule has 1 fully saturated rings. The molecule has 1 aliphatic rings. The van der Waals surface area contributed by atoms with Crippen LogP contribution in [-0.4, -0.2) is 42.4 Å². The Morgan fingerprint density at radius 3 is 2.62 bits per heavy atom. The smallest absolute Gasteiger partial charge is 0.308 e. The van der Waals surface area contributed by atoms with Gasteiger partial charge in [0, 0.05) is 6.42 Å². The number of rotatable bonds is 7. The van der Waals surface area contributed by atoms with Crippen LogP contribution in [0.3, 0.4) is 0 Å². The zero-order valence-corrected chi connectivity index (χ0v) is 12.2. The first-order chi connectivity index (χ1) is 9.85. The molecule has 0 aromatic carbocycles. The van der Waals surface area contributed by atoms with Gasteiger partial charge in [-0.05, 0) is 19.8 Å². The summed E-state index contributed by atoms with van der Waals surface area (Å²) in [6, 6.07) is -1.63. The fraction of sp³-hybridized carbons (Fsp3) is 0.692. The molecule has 1 rings (SSSR count). The predicted octanol–water partition coefficient (Wildman–Crippen LogP) is -1.18. The summed E-state index contributed by atoms with van der Waals surface area (Å²) in [5.41, 5.74) is 5.24. The van der Waals surface area contributed by atoms with Gasteiger partial charge in [-0.25, -0.2) is 0 Å². The number of esters is 1. The highest BCUT2D eigenvalue weighted by atomic mass is 16.5. The summed E-state index contributed by atoms with van der Waals surface area (Å²) in [5.74, 6) is -2.43. The van der Waals surface area contributed by atoms with Crippen molar-refractivity contribution in [1.82, 2.24) is 10.6 Å². The lowest BCUT2D eigenvalue weighted by atomic mass is 10.0. The lowest BCUT2D eigenvalue weighted by Crippen LogP contribution is -2.51. The molecule has 0 radical (unpaired) electrons. The first-order valence-electron chi connectivity index (χ1n) is 6.90. The standard InChI is InChI=1S/C13H21N3O5/c1-3-21-13(20)7(2)6-9(11(14)18)16-12(19)8-4-5-10(17)15-8/h7-9H,3-6H2,1-2H3,(H2,14,18)(H,15,17)(H,16,19)/t7-,8-,9+/m1/s1. The van der Waals surface area contributed by atoms with Crippen molar-refractivity contribution >= 4 is 23.7 Å². The van der Waals surface area contributed by atoms with E-state index in [1.54, 1.807) is 13.8 Å². The number of nitrogens with one attached hydrogen (secondary N) is 2.